The van der Waals surface area contributed by atoms with Gasteiger partial charge in [-0.05, 0) is 57.0 Å². The number of ether oxygens (including phenoxy) is 2. The average Bonchev–Trinajstić information content (AvgIpc) is 3.62. The molecule has 0 saturated carbocycles. The molecule has 1 atom stereocenters. The molecule has 8 nitrogen and oxygen atoms in total. The van der Waals surface area contributed by atoms with Crippen molar-refractivity contribution in [3.8, 4) is 5.75 Å². The summed E-state index contributed by atoms with van der Waals surface area (Å²) in [5, 5.41) is 4.63. The molecule has 9 heteroatoms. The van der Waals surface area contributed by atoms with Crippen LogP contribution in [0.1, 0.15) is 37.4 Å². The molecular weight excluding hydrogens is 496 g/mol. The summed E-state index contributed by atoms with van der Waals surface area (Å²) in [4.78, 5) is 20.2. The lowest BCUT2D eigenvalue weighted by Crippen LogP contribution is -2.37. The van der Waals surface area contributed by atoms with E-state index in [1.54, 1.807) is 18.4 Å². The van der Waals surface area contributed by atoms with E-state index in [4.69, 9.17) is 19.4 Å². The van der Waals surface area contributed by atoms with Crippen LogP contribution in [0.4, 0.5) is 10.8 Å². The molecule has 3 aliphatic heterocycles. The van der Waals surface area contributed by atoms with Gasteiger partial charge in [-0.3, -0.25) is 9.88 Å². The molecule has 0 N–H and O–H groups in total. The van der Waals surface area contributed by atoms with Gasteiger partial charge in [0.05, 0.1) is 37.6 Å². The minimum Gasteiger partial charge on any atom is -0.494 e. The van der Waals surface area contributed by atoms with Crippen LogP contribution in [0.3, 0.4) is 0 Å². The molecule has 38 heavy (non-hydrogen) atoms. The molecule has 3 aliphatic rings. The van der Waals surface area contributed by atoms with Crippen LogP contribution in [-0.4, -0.2) is 99.0 Å². The number of anilines is 2. The van der Waals surface area contributed by atoms with Crippen LogP contribution in [0.2, 0.25) is 0 Å². The molecule has 0 spiro atoms. The van der Waals surface area contributed by atoms with E-state index in [-0.39, 0.29) is 0 Å². The van der Waals surface area contributed by atoms with Gasteiger partial charge < -0.3 is 24.2 Å². The number of thiazole rings is 1. The van der Waals surface area contributed by atoms with Crippen LogP contribution in [0.25, 0.3) is 10.9 Å². The van der Waals surface area contributed by atoms with Crippen molar-refractivity contribution < 1.29 is 9.47 Å². The minimum atomic E-state index is 0.342. The monoisotopic (exact) mass is 536 g/mol. The maximum atomic E-state index is 5.82. The normalized spacial score (nSPS) is 20.7. The third-order valence-corrected chi connectivity index (χ3v) is 9.19. The van der Waals surface area contributed by atoms with E-state index in [0.717, 1.165) is 99.3 Å². The third-order valence-electron chi connectivity index (χ3n) is 8.27. The molecule has 3 fully saturated rings. The molecule has 0 amide bonds. The number of hydrogen-bond donors (Lipinski definition) is 0. The molecule has 1 unspecified atom stereocenters. The van der Waals surface area contributed by atoms with Crippen LogP contribution in [0.5, 0.6) is 5.75 Å². The topological polar surface area (TPSA) is 57.2 Å². The van der Waals surface area contributed by atoms with Gasteiger partial charge >= 0.3 is 0 Å². The zero-order valence-corrected chi connectivity index (χ0v) is 23.4. The molecular formula is C29H40N6O2S. The first-order chi connectivity index (χ1) is 18.8. The van der Waals surface area contributed by atoms with Gasteiger partial charge in [0.15, 0.2) is 5.13 Å². The number of morpholine rings is 1. The van der Waals surface area contributed by atoms with Gasteiger partial charge in [-0.2, -0.15) is 0 Å². The van der Waals surface area contributed by atoms with Crippen molar-refractivity contribution in [2.24, 2.45) is 0 Å². The summed E-state index contributed by atoms with van der Waals surface area (Å²) in [7, 11) is 1.76. The summed E-state index contributed by atoms with van der Waals surface area (Å²) < 4.78 is 11.4. The fourth-order valence-electron chi connectivity index (χ4n) is 6.21. The maximum absolute atomic E-state index is 5.82. The van der Waals surface area contributed by atoms with E-state index < -0.39 is 0 Å². The second-order valence-electron chi connectivity index (χ2n) is 10.6. The first-order valence-corrected chi connectivity index (χ1v) is 15.1. The smallest absolute Gasteiger partial charge is 0.185 e. The van der Waals surface area contributed by atoms with Crippen molar-refractivity contribution in [3.63, 3.8) is 0 Å². The second kappa shape index (κ2) is 12.2. The van der Waals surface area contributed by atoms with Gasteiger partial charge in [0.1, 0.15) is 11.4 Å². The summed E-state index contributed by atoms with van der Waals surface area (Å²) in [6.45, 7) is 11.1. The van der Waals surface area contributed by atoms with E-state index in [1.807, 2.05) is 12.3 Å². The number of nitrogens with zero attached hydrogens (tertiary/aromatic N) is 6. The minimum absolute atomic E-state index is 0.342. The van der Waals surface area contributed by atoms with Crippen LogP contribution in [0.15, 0.2) is 35.8 Å². The van der Waals surface area contributed by atoms with Crippen molar-refractivity contribution in [2.45, 2.75) is 31.7 Å². The summed E-state index contributed by atoms with van der Waals surface area (Å²) in [6.07, 6.45) is 6.79. The standard InChI is InChI=1S/C29H40N6O2S/c1-36-26-8-7-23-6-4-10-30-27(23)28(26)34-14-5-13-33(16-17-34)25(9-15-32-11-2-3-12-32)24-22-38-29(31-24)35-18-20-37-21-19-35/h4,6-8,10,22,25H,2-3,5,9,11-21H2,1H3. The second-order valence-corrected chi connectivity index (χ2v) is 11.4. The van der Waals surface area contributed by atoms with Crippen LogP contribution in [0, 0.1) is 0 Å². The Labute approximate surface area is 230 Å². The van der Waals surface area contributed by atoms with Crippen molar-refractivity contribution >= 4 is 33.1 Å². The number of likely N-dealkylation sites (tertiary alicyclic amines) is 1. The number of methoxy groups -OCH3 is 1. The first kappa shape index (κ1) is 25.8. The highest BCUT2D eigenvalue weighted by molar-refractivity contribution is 7.13. The summed E-state index contributed by atoms with van der Waals surface area (Å²) in [5.74, 6) is 0.907. The Morgan fingerprint density at radius 3 is 2.66 bits per heavy atom. The molecule has 6 rings (SSSR count). The number of pyridine rings is 1. The molecule has 2 aromatic heterocycles. The Morgan fingerprint density at radius 1 is 0.947 bits per heavy atom. The highest BCUT2D eigenvalue weighted by atomic mass is 32.1. The number of rotatable bonds is 8. The van der Waals surface area contributed by atoms with Gasteiger partial charge in [0.25, 0.3) is 0 Å². The Bertz CT molecular complexity index is 1190. The van der Waals surface area contributed by atoms with Gasteiger partial charge in [0.2, 0.25) is 0 Å². The summed E-state index contributed by atoms with van der Waals surface area (Å²) in [6, 6.07) is 8.68. The Hall–Kier alpha value is -2.46. The van der Waals surface area contributed by atoms with Crippen molar-refractivity contribution in [1.29, 1.82) is 0 Å². The zero-order chi connectivity index (χ0) is 25.7. The molecule has 0 radical (unpaired) electrons. The van der Waals surface area contributed by atoms with Crippen molar-refractivity contribution in [3.05, 3.63) is 41.5 Å². The van der Waals surface area contributed by atoms with E-state index in [9.17, 15) is 0 Å². The largest absolute Gasteiger partial charge is 0.494 e. The van der Waals surface area contributed by atoms with Crippen molar-refractivity contribution in [2.75, 3.05) is 89.0 Å². The number of fused-ring (bicyclic) bond motifs is 1. The molecule has 3 saturated heterocycles. The van der Waals surface area contributed by atoms with E-state index in [0.29, 0.717) is 6.04 Å². The van der Waals surface area contributed by atoms with Gasteiger partial charge in [-0.15, -0.1) is 11.3 Å². The molecule has 5 heterocycles. The lowest BCUT2D eigenvalue weighted by Gasteiger charge is -2.31. The number of aromatic nitrogens is 2. The fourth-order valence-corrected chi connectivity index (χ4v) is 7.14. The highest BCUT2D eigenvalue weighted by Gasteiger charge is 2.29. The maximum Gasteiger partial charge on any atom is 0.185 e. The third kappa shape index (κ3) is 5.61. The molecule has 204 valence electrons. The Kier molecular flexibility index (Phi) is 8.25. The Balaban J connectivity index is 1.22. The average molecular weight is 537 g/mol. The SMILES string of the molecule is COc1ccc2cccnc2c1N1CCCN(C(CCN2CCCC2)c2csc(N3CCOCC3)n2)CC1. The van der Waals surface area contributed by atoms with Crippen LogP contribution >= 0.6 is 11.3 Å². The summed E-state index contributed by atoms with van der Waals surface area (Å²) in [5.41, 5.74) is 3.40. The predicted octanol–water partition coefficient (Wildman–Crippen LogP) is 4.28. The molecule has 1 aromatic carbocycles. The fraction of sp³-hybridized carbons (Fsp3) is 0.586. The highest BCUT2D eigenvalue weighted by Crippen LogP contribution is 2.37. The van der Waals surface area contributed by atoms with Gasteiger partial charge in [0, 0.05) is 62.8 Å². The number of benzene rings is 1. The molecule has 0 bridgehead atoms. The van der Waals surface area contributed by atoms with Crippen LogP contribution < -0.4 is 14.5 Å². The van der Waals surface area contributed by atoms with Gasteiger partial charge in [-0.1, -0.05) is 6.07 Å². The molecule has 0 aliphatic carbocycles. The van der Waals surface area contributed by atoms with Crippen molar-refractivity contribution in [1.82, 2.24) is 19.8 Å². The molecule has 3 aromatic rings. The zero-order valence-electron chi connectivity index (χ0n) is 22.6. The van der Waals surface area contributed by atoms with E-state index >= 15 is 0 Å². The quantitative estimate of drug-likeness (QED) is 0.423. The lowest BCUT2D eigenvalue weighted by atomic mass is 10.1. The van der Waals surface area contributed by atoms with Gasteiger partial charge in [-0.25, -0.2) is 4.98 Å². The first-order valence-electron chi connectivity index (χ1n) is 14.2. The summed E-state index contributed by atoms with van der Waals surface area (Å²) >= 11 is 1.80. The Morgan fingerprint density at radius 2 is 1.82 bits per heavy atom. The number of hydrogen-bond acceptors (Lipinski definition) is 9. The predicted molar refractivity (Wildman–Crippen MR) is 155 cm³/mol. The lowest BCUT2D eigenvalue weighted by molar-refractivity contribution is 0.122. The van der Waals surface area contributed by atoms with E-state index in [1.165, 1.54) is 31.6 Å². The van der Waals surface area contributed by atoms with E-state index in [2.05, 4.69) is 43.2 Å². The van der Waals surface area contributed by atoms with Crippen LogP contribution in [-0.2, 0) is 4.74 Å².